The molecule has 5 nitrogen and oxygen atoms in total. The van der Waals surface area contributed by atoms with Crippen molar-refractivity contribution in [3.8, 4) is 0 Å². The summed E-state index contributed by atoms with van der Waals surface area (Å²) in [7, 11) is 0. The molecule has 2 aliphatic rings. The van der Waals surface area contributed by atoms with Crippen LogP contribution >= 0.6 is 0 Å². The lowest BCUT2D eigenvalue weighted by Gasteiger charge is -2.38. The van der Waals surface area contributed by atoms with Gasteiger partial charge in [0.15, 0.2) is 0 Å². The second-order valence-electron chi connectivity index (χ2n) is 9.93. The molecule has 0 aliphatic carbocycles. The van der Waals surface area contributed by atoms with Crippen LogP contribution in [0.15, 0.2) is 47.8 Å². The fraction of sp³-hybridized carbons (Fsp3) is 0.552. The monoisotopic (exact) mass is 463 g/mol. The molecule has 2 fully saturated rings. The minimum absolute atomic E-state index is 0.862. The lowest BCUT2D eigenvalue weighted by atomic mass is 9.97. The first-order valence-corrected chi connectivity index (χ1v) is 12.8. The van der Waals surface area contributed by atoms with E-state index in [1.165, 1.54) is 28.0 Å². The number of benzene rings is 1. The highest BCUT2D eigenvalue weighted by Gasteiger charge is 2.22. The van der Waals surface area contributed by atoms with Crippen LogP contribution in [0, 0.1) is 13.8 Å². The minimum atomic E-state index is 0.862. The van der Waals surface area contributed by atoms with Crippen molar-refractivity contribution in [2.24, 2.45) is 4.99 Å². The van der Waals surface area contributed by atoms with Crippen LogP contribution < -0.4 is 0 Å². The standard InChI is InChI=1S/C29H45N5/c1-9-10-25(6)32-13-11-31(12-14-32)21-28-20-29(24(5)19-23(28)4)26(7)33-15-17-34(18-16-33)27(8)30-22(2)3/h10,19-20H,2,7,9,11-18,21H2,1,3-6,8H3/b25-10+,30-27+. The van der Waals surface area contributed by atoms with Gasteiger partial charge in [0.1, 0.15) is 5.84 Å². The molecule has 5 heteroatoms. The summed E-state index contributed by atoms with van der Waals surface area (Å²) < 4.78 is 0. The predicted molar refractivity (Wildman–Crippen MR) is 147 cm³/mol. The van der Waals surface area contributed by atoms with Crippen LogP contribution in [0.4, 0.5) is 0 Å². The molecular formula is C29H45N5. The predicted octanol–water partition coefficient (Wildman–Crippen LogP) is 5.28. The third-order valence-corrected chi connectivity index (χ3v) is 7.23. The maximum atomic E-state index is 4.54. The summed E-state index contributed by atoms with van der Waals surface area (Å²) in [5.74, 6) is 1.06. The van der Waals surface area contributed by atoms with Crippen molar-refractivity contribution in [2.75, 3.05) is 52.4 Å². The summed E-state index contributed by atoms with van der Waals surface area (Å²) in [6.07, 6.45) is 3.45. The molecule has 2 aliphatic heterocycles. The fourth-order valence-corrected chi connectivity index (χ4v) is 5.12. The second-order valence-corrected chi connectivity index (χ2v) is 9.93. The van der Waals surface area contributed by atoms with Gasteiger partial charge in [-0.1, -0.05) is 32.2 Å². The van der Waals surface area contributed by atoms with Crippen LogP contribution in [-0.4, -0.2) is 77.8 Å². The molecule has 0 unspecified atom stereocenters. The number of aliphatic imine (C=N–C) groups is 1. The van der Waals surface area contributed by atoms with E-state index >= 15 is 0 Å². The Kier molecular flexibility index (Phi) is 9.01. The topological polar surface area (TPSA) is 25.3 Å². The van der Waals surface area contributed by atoms with Gasteiger partial charge in [-0.3, -0.25) is 4.90 Å². The Labute approximate surface area is 208 Å². The second kappa shape index (κ2) is 11.7. The molecule has 0 atom stereocenters. The van der Waals surface area contributed by atoms with Crippen molar-refractivity contribution in [1.82, 2.24) is 19.6 Å². The smallest absolute Gasteiger partial charge is 0.101 e. The van der Waals surface area contributed by atoms with Gasteiger partial charge in [0.25, 0.3) is 0 Å². The number of nitrogens with zero attached hydrogens (tertiary/aromatic N) is 5. The number of piperazine rings is 2. The molecule has 2 heterocycles. The van der Waals surface area contributed by atoms with Crippen LogP contribution in [0.1, 0.15) is 56.4 Å². The van der Waals surface area contributed by atoms with Crippen molar-refractivity contribution < 1.29 is 0 Å². The van der Waals surface area contributed by atoms with E-state index in [0.29, 0.717) is 0 Å². The van der Waals surface area contributed by atoms with Gasteiger partial charge in [-0.15, -0.1) is 0 Å². The van der Waals surface area contributed by atoms with Gasteiger partial charge in [0, 0.05) is 81.6 Å². The number of hydrogen-bond donors (Lipinski definition) is 0. The molecule has 0 aromatic heterocycles. The average Bonchev–Trinajstić information content (AvgIpc) is 2.80. The van der Waals surface area contributed by atoms with Crippen molar-refractivity contribution in [3.63, 3.8) is 0 Å². The number of amidine groups is 1. The highest BCUT2D eigenvalue weighted by atomic mass is 15.3. The van der Waals surface area contributed by atoms with E-state index < -0.39 is 0 Å². The number of hydrogen-bond acceptors (Lipinski definition) is 4. The molecule has 0 radical (unpaired) electrons. The zero-order chi connectivity index (χ0) is 24.8. The summed E-state index contributed by atoms with van der Waals surface area (Å²) in [5.41, 5.74) is 8.86. The Morgan fingerprint density at radius 2 is 1.44 bits per heavy atom. The maximum Gasteiger partial charge on any atom is 0.101 e. The van der Waals surface area contributed by atoms with E-state index in [2.05, 4.69) is 90.6 Å². The third-order valence-electron chi connectivity index (χ3n) is 7.23. The summed E-state index contributed by atoms with van der Waals surface area (Å²) in [4.78, 5) is 14.5. The molecule has 3 rings (SSSR count). The highest BCUT2D eigenvalue weighted by molar-refractivity contribution is 5.81. The van der Waals surface area contributed by atoms with Crippen LogP contribution in [0.25, 0.3) is 5.70 Å². The normalized spacial score (nSPS) is 18.5. The molecular weight excluding hydrogens is 418 g/mol. The SMILES string of the molecule is C=C(C)/N=C(\C)N1CCN(C(=C)c2cc(CN3CCN(/C(C)=C/CC)CC3)c(C)cc2C)CC1. The van der Waals surface area contributed by atoms with Gasteiger partial charge in [-0.25, -0.2) is 4.99 Å². The van der Waals surface area contributed by atoms with Gasteiger partial charge < -0.3 is 14.7 Å². The number of rotatable bonds is 7. The maximum absolute atomic E-state index is 4.54. The van der Waals surface area contributed by atoms with Gasteiger partial charge in [-0.2, -0.15) is 0 Å². The first-order valence-electron chi connectivity index (χ1n) is 12.8. The molecule has 1 aromatic rings. The van der Waals surface area contributed by atoms with E-state index in [4.69, 9.17) is 0 Å². The van der Waals surface area contributed by atoms with Gasteiger partial charge in [-0.05, 0) is 63.8 Å². The minimum Gasteiger partial charge on any atom is -0.373 e. The van der Waals surface area contributed by atoms with Crippen molar-refractivity contribution in [3.05, 3.63) is 65.0 Å². The lowest BCUT2D eigenvalue weighted by Crippen LogP contribution is -2.47. The van der Waals surface area contributed by atoms with E-state index in [1.807, 2.05) is 6.92 Å². The molecule has 0 amide bonds. The van der Waals surface area contributed by atoms with E-state index in [9.17, 15) is 0 Å². The Bertz CT molecular complexity index is 942. The summed E-state index contributed by atoms with van der Waals surface area (Å²) >= 11 is 0. The van der Waals surface area contributed by atoms with Crippen molar-refractivity contribution in [1.29, 1.82) is 0 Å². The Hall–Kier alpha value is -2.53. The third kappa shape index (κ3) is 6.53. The molecule has 0 saturated carbocycles. The zero-order valence-electron chi connectivity index (χ0n) is 22.5. The Morgan fingerprint density at radius 3 is 2.03 bits per heavy atom. The van der Waals surface area contributed by atoms with Gasteiger partial charge in [0.2, 0.25) is 0 Å². The van der Waals surface area contributed by atoms with Crippen molar-refractivity contribution in [2.45, 2.75) is 54.5 Å². The first kappa shape index (κ1) is 26.1. The summed E-state index contributed by atoms with van der Waals surface area (Å²) in [6, 6.07) is 4.75. The largest absolute Gasteiger partial charge is 0.373 e. The Morgan fingerprint density at radius 1 is 0.853 bits per heavy atom. The number of aryl methyl sites for hydroxylation is 2. The van der Waals surface area contributed by atoms with E-state index in [-0.39, 0.29) is 0 Å². The van der Waals surface area contributed by atoms with Crippen LogP contribution in [0.2, 0.25) is 0 Å². The first-order chi connectivity index (χ1) is 16.2. The number of allylic oxidation sites excluding steroid dienone is 3. The van der Waals surface area contributed by atoms with E-state index in [0.717, 1.165) is 82.6 Å². The molecule has 34 heavy (non-hydrogen) atoms. The Balaban J connectivity index is 1.64. The highest BCUT2D eigenvalue weighted by Crippen LogP contribution is 2.27. The van der Waals surface area contributed by atoms with Gasteiger partial charge in [0.05, 0.1) is 0 Å². The fourth-order valence-electron chi connectivity index (χ4n) is 5.12. The van der Waals surface area contributed by atoms with Crippen molar-refractivity contribution >= 4 is 11.5 Å². The average molecular weight is 464 g/mol. The molecule has 0 bridgehead atoms. The summed E-state index contributed by atoms with van der Waals surface area (Å²) in [5, 5.41) is 0. The molecule has 0 N–H and O–H groups in total. The summed E-state index contributed by atoms with van der Waals surface area (Å²) in [6.45, 7) is 30.8. The zero-order valence-corrected chi connectivity index (χ0v) is 22.5. The van der Waals surface area contributed by atoms with Gasteiger partial charge >= 0.3 is 0 Å². The van der Waals surface area contributed by atoms with E-state index in [1.54, 1.807) is 0 Å². The van der Waals surface area contributed by atoms with Crippen LogP contribution in [0.5, 0.6) is 0 Å². The quantitative estimate of drug-likeness (QED) is 0.406. The van der Waals surface area contributed by atoms with Crippen LogP contribution in [-0.2, 0) is 6.54 Å². The molecule has 186 valence electrons. The molecule has 1 aromatic carbocycles. The molecule has 0 spiro atoms. The molecule has 2 saturated heterocycles. The lowest BCUT2D eigenvalue weighted by molar-refractivity contribution is 0.152. The van der Waals surface area contributed by atoms with Crippen LogP contribution in [0.3, 0.4) is 0 Å².